The zero-order chi connectivity index (χ0) is 24.0. The summed E-state index contributed by atoms with van der Waals surface area (Å²) in [5, 5.41) is 15.7. The molecule has 2 atom stereocenters. The van der Waals surface area contributed by atoms with Gasteiger partial charge in [-0.05, 0) is 46.2 Å². The van der Waals surface area contributed by atoms with Crippen LogP contribution < -0.4 is 10.5 Å². The van der Waals surface area contributed by atoms with E-state index in [4.69, 9.17) is 27.2 Å². The molecular weight excluding hydrogens is 444 g/mol. The van der Waals surface area contributed by atoms with Gasteiger partial charge in [0.25, 0.3) is 5.91 Å². The second-order valence-corrected chi connectivity index (χ2v) is 8.94. The van der Waals surface area contributed by atoms with E-state index >= 15 is 0 Å². The van der Waals surface area contributed by atoms with Crippen LogP contribution in [0.1, 0.15) is 55.1 Å². The van der Waals surface area contributed by atoms with Gasteiger partial charge in [-0.3, -0.25) is 4.79 Å². The maximum atomic E-state index is 12.2. The Labute approximate surface area is 197 Å². The van der Waals surface area contributed by atoms with Crippen molar-refractivity contribution < 1.29 is 14.6 Å². The normalized spacial score (nSPS) is 16.0. The van der Waals surface area contributed by atoms with E-state index in [2.05, 4.69) is 9.97 Å². The number of nitrogens with zero attached hydrogens (tertiary/aromatic N) is 5. The minimum absolute atomic E-state index is 0.0629. The lowest BCUT2D eigenvalue weighted by molar-refractivity contribution is -0.143. The minimum Gasteiger partial charge on any atom is -0.493 e. The molecule has 3 N–H and O–H groups in total. The minimum atomic E-state index is -1.01. The second kappa shape index (κ2) is 8.79. The van der Waals surface area contributed by atoms with E-state index in [0.717, 1.165) is 33.5 Å². The van der Waals surface area contributed by atoms with Crippen molar-refractivity contribution in [2.24, 2.45) is 0 Å². The average Bonchev–Trinajstić information content (AvgIpc) is 3.08. The first-order chi connectivity index (χ1) is 15.6. The summed E-state index contributed by atoms with van der Waals surface area (Å²) < 4.78 is 8.00. The number of aliphatic hydroxyl groups is 1. The topological polar surface area (TPSA) is 119 Å². The van der Waals surface area contributed by atoms with Gasteiger partial charge in [-0.25, -0.2) is 14.6 Å². The molecule has 9 nitrogen and oxygen atoms in total. The van der Waals surface area contributed by atoms with Gasteiger partial charge in [0, 0.05) is 35.2 Å². The van der Waals surface area contributed by atoms with Crippen molar-refractivity contribution >= 4 is 34.4 Å². The number of nitrogens with two attached hydrogens (primary N) is 1. The van der Waals surface area contributed by atoms with Crippen LogP contribution >= 0.6 is 11.6 Å². The highest BCUT2D eigenvalue weighted by atomic mass is 35.5. The van der Waals surface area contributed by atoms with Gasteiger partial charge in [-0.15, -0.1) is 0 Å². The van der Waals surface area contributed by atoms with Crippen molar-refractivity contribution in [3.05, 3.63) is 39.8 Å². The monoisotopic (exact) mass is 472 g/mol. The molecule has 2 aromatic heterocycles. The van der Waals surface area contributed by atoms with Crippen molar-refractivity contribution in [1.29, 1.82) is 0 Å². The number of halogens is 1. The summed E-state index contributed by atoms with van der Waals surface area (Å²) in [5.74, 6) is 0.937. The Bertz CT molecular complexity index is 1220. The molecule has 1 saturated heterocycles. The third-order valence-corrected chi connectivity index (χ3v) is 6.70. The number of hydrogen-bond donors (Lipinski definition) is 2. The Morgan fingerprint density at radius 1 is 1.33 bits per heavy atom. The molecule has 0 radical (unpaired) electrons. The SMILES string of the molecule is CCOc1c(C(C)n2nc(C)c3c(N)ncnc32)cc(Cl)c(C)c1C1CN(C(=O)C(C)O)C1. The molecule has 1 amide bonds. The fraction of sp³-hybridized carbons (Fsp3) is 0.478. The Hall–Kier alpha value is -2.91. The number of benzene rings is 1. The summed E-state index contributed by atoms with van der Waals surface area (Å²) >= 11 is 6.69. The van der Waals surface area contributed by atoms with E-state index in [1.54, 1.807) is 4.90 Å². The predicted octanol–water partition coefficient (Wildman–Crippen LogP) is 2.99. The number of hydrogen-bond acceptors (Lipinski definition) is 7. The summed E-state index contributed by atoms with van der Waals surface area (Å²) in [6.07, 6.45) is 0.417. The number of aryl methyl sites for hydroxylation is 1. The number of ether oxygens (including phenoxy) is 1. The summed E-state index contributed by atoms with van der Waals surface area (Å²) in [6, 6.07) is 1.67. The molecular formula is C23H29ClN6O3. The zero-order valence-electron chi connectivity index (χ0n) is 19.5. The number of carbonyl (C=O) groups is 1. The summed E-state index contributed by atoms with van der Waals surface area (Å²) in [6.45, 7) is 10.8. The van der Waals surface area contributed by atoms with Gasteiger partial charge >= 0.3 is 0 Å². The molecule has 1 aliphatic heterocycles. The van der Waals surface area contributed by atoms with E-state index in [1.807, 2.05) is 38.4 Å². The zero-order valence-corrected chi connectivity index (χ0v) is 20.2. The largest absolute Gasteiger partial charge is 0.493 e. The van der Waals surface area contributed by atoms with Crippen LogP contribution in [0.25, 0.3) is 11.0 Å². The summed E-state index contributed by atoms with van der Waals surface area (Å²) in [5.41, 5.74) is 10.3. The van der Waals surface area contributed by atoms with E-state index < -0.39 is 6.10 Å². The predicted molar refractivity (Wildman–Crippen MR) is 127 cm³/mol. The lowest BCUT2D eigenvalue weighted by Crippen LogP contribution is -2.51. The molecule has 0 saturated carbocycles. The number of rotatable bonds is 6. The Morgan fingerprint density at radius 3 is 2.67 bits per heavy atom. The number of fused-ring (bicyclic) bond motifs is 1. The number of nitrogen functional groups attached to an aromatic ring is 1. The van der Waals surface area contributed by atoms with Crippen LogP contribution in [0.3, 0.4) is 0 Å². The van der Waals surface area contributed by atoms with Gasteiger partial charge in [0.1, 0.15) is 24.0 Å². The van der Waals surface area contributed by atoms with Crippen LogP contribution in [0, 0.1) is 13.8 Å². The fourth-order valence-electron chi connectivity index (χ4n) is 4.55. The molecule has 2 unspecified atom stereocenters. The number of aliphatic hydroxyl groups excluding tert-OH is 1. The van der Waals surface area contributed by atoms with Crippen molar-refractivity contribution in [2.75, 3.05) is 25.4 Å². The highest BCUT2D eigenvalue weighted by molar-refractivity contribution is 6.31. The lowest BCUT2D eigenvalue weighted by Gasteiger charge is -2.42. The molecule has 176 valence electrons. The van der Waals surface area contributed by atoms with Crippen molar-refractivity contribution in [2.45, 2.75) is 52.7 Å². The van der Waals surface area contributed by atoms with Crippen LogP contribution in [-0.4, -0.2) is 61.5 Å². The van der Waals surface area contributed by atoms with Gasteiger partial charge in [-0.2, -0.15) is 5.10 Å². The highest BCUT2D eigenvalue weighted by Gasteiger charge is 2.37. The molecule has 1 aromatic carbocycles. The quantitative estimate of drug-likeness (QED) is 0.565. The first-order valence-electron chi connectivity index (χ1n) is 11.0. The first kappa shape index (κ1) is 23.3. The van der Waals surface area contributed by atoms with Crippen LogP contribution in [0.15, 0.2) is 12.4 Å². The standard InChI is InChI=1S/C23H29ClN6O3/c1-6-33-20-16(13(4)30-22-19(12(3)28-30)21(25)26-10-27-22)7-17(24)11(2)18(20)15-8-29(9-15)23(32)14(5)31/h7,10,13-15,31H,6,8-9H2,1-5H3,(H2,25,26,27). The Morgan fingerprint density at radius 2 is 2.03 bits per heavy atom. The molecule has 0 spiro atoms. The highest BCUT2D eigenvalue weighted by Crippen LogP contribution is 2.44. The summed E-state index contributed by atoms with van der Waals surface area (Å²) in [7, 11) is 0. The van der Waals surface area contributed by atoms with Crippen LogP contribution in [0.2, 0.25) is 5.02 Å². The van der Waals surface area contributed by atoms with E-state index in [1.165, 1.54) is 13.3 Å². The summed E-state index contributed by atoms with van der Waals surface area (Å²) in [4.78, 5) is 22.3. The molecule has 0 bridgehead atoms. The molecule has 10 heteroatoms. The molecule has 1 aliphatic rings. The van der Waals surface area contributed by atoms with Crippen LogP contribution in [0.5, 0.6) is 5.75 Å². The van der Waals surface area contributed by atoms with Crippen molar-refractivity contribution in [3.63, 3.8) is 0 Å². The maximum absolute atomic E-state index is 12.2. The molecule has 1 fully saturated rings. The number of anilines is 1. The van der Waals surface area contributed by atoms with Crippen molar-refractivity contribution in [1.82, 2.24) is 24.6 Å². The van der Waals surface area contributed by atoms with Crippen molar-refractivity contribution in [3.8, 4) is 5.75 Å². The van der Waals surface area contributed by atoms with Gasteiger partial charge in [0.15, 0.2) is 5.65 Å². The van der Waals surface area contributed by atoms with E-state index in [-0.39, 0.29) is 17.9 Å². The smallest absolute Gasteiger partial charge is 0.251 e. The molecule has 3 heterocycles. The Kier molecular flexibility index (Phi) is 6.20. The van der Waals surface area contributed by atoms with Crippen LogP contribution in [0.4, 0.5) is 5.82 Å². The van der Waals surface area contributed by atoms with E-state index in [9.17, 15) is 9.90 Å². The van der Waals surface area contributed by atoms with Gasteiger partial charge in [0.05, 0.1) is 23.7 Å². The number of likely N-dealkylation sites (tertiary alicyclic amines) is 1. The molecule has 3 aromatic rings. The van der Waals surface area contributed by atoms with E-state index in [0.29, 0.717) is 36.2 Å². The number of amides is 1. The fourth-order valence-corrected chi connectivity index (χ4v) is 4.77. The van der Waals surface area contributed by atoms with Gasteiger partial charge in [0.2, 0.25) is 0 Å². The molecule has 0 aliphatic carbocycles. The van der Waals surface area contributed by atoms with Gasteiger partial charge in [-0.1, -0.05) is 11.6 Å². The lowest BCUT2D eigenvalue weighted by atomic mass is 9.85. The van der Waals surface area contributed by atoms with Crippen LogP contribution in [-0.2, 0) is 4.79 Å². The number of aromatic nitrogens is 4. The third-order valence-electron chi connectivity index (χ3n) is 6.31. The third kappa shape index (κ3) is 3.89. The van der Waals surface area contributed by atoms with Gasteiger partial charge < -0.3 is 20.5 Å². The first-order valence-corrected chi connectivity index (χ1v) is 11.4. The second-order valence-electron chi connectivity index (χ2n) is 8.53. The average molecular weight is 473 g/mol. The molecule has 4 rings (SSSR count). The maximum Gasteiger partial charge on any atom is 0.251 e. The number of carbonyl (C=O) groups excluding carboxylic acids is 1. The molecule has 33 heavy (non-hydrogen) atoms. The Balaban J connectivity index is 1.80.